The van der Waals surface area contributed by atoms with Gasteiger partial charge < -0.3 is 24.1 Å². The minimum Gasteiger partial charge on any atom is -0.459 e. The predicted molar refractivity (Wildman–Crippen MR) is 115 cm³/mol. The lowest BCUT2D eigenvalue weighted by Gasteiger charge is -2.48. The molecule has 1 aromatic rings. The van der Waals surface area contributed by atoms with Crippen LogP contribution in [-0.4, -0.2) is 85.2 Å². The molecule has 2 amide bonds. The molecule has 32 heavy (non-hydrogen) atoms. The highest BCUT2D eigenvalue weighted by molar-refractivity contribution is 5.95. The largest absolute Gasteiger partial charge is 0.459 e. The predicted octanol–water partition coefficient (Wildman–Crippen LogP) is 1.58. The molecule has 0 unspecified atom stereocenters. The molecule has 2 aliphatic heterocycles. The second-order valence-corrected chi connectivity index (χ2v) is 8.90. The van der Waals surface area contributed by atoms with Crippen LogP contribution in [0.25, 0.3) is 0 Å². The number of hydrogen-bond acceptors (Lipinski definition) is 7. The third-order valence-electron chi connectivity index (χ3n) is 6.94. The second kappa shape index (κ2) is 10.5. The van der Waals surface area contributed by atoms with Gasteiger partial charge in [0.25, 0.3) is 11.8 Å². The number of nitrogens with one attached hydrogen (secondary N) is 1. The Labute approximate surface area is 188 Å². The summed E-state index contributed by atoms with van der Waals surface area (Å²) in [6.45, 7) is 3.89. The lowest BCUT2D eigenvalue weighted by atomic mass is 9.79. The smallest absolute Gasteiger partial charge is 0.329 e. The van der Waals surface area contributed by atoms with Gasteiger partial charge in [0.05, 0.1) is 19.5 Å². The molecule has 2 saturated heterocycles. The van der Waals surface area contributed by atoms with Crippen LogP contribution < -0.4 is 5.32 Å². The van der Waals surface area contributed by atoms with E-state index in [2.05, 4.69) is 10.2 Å². The fourth-order valence-corrected chi connectivity index (χ4v) is 5.20. The molecule has 3 heterocycles. The van der Waals surface area contributed by atoms with Crippen molar-refractivity contribution >= 4 is 17.8 Å². The first-order valence-electron chi connectivity index (χ1n) is 11.7. The summed E-state index contributed by atoms with van der Waals surface area (Å²) in [7, 11) is 0. The maximum absolute atomic E-state index is 12.6. The van der Waals surface area contributed by atoms with E-state index in [9.17, 15) is 14.4 Å². The number of furan rings is 1. The molecule has 1 aromatic heterocycles. The molecular weight excluding hydrogens is 414 g/mol. The molecule has 1 N–H and O–H groups in total. The molecule has 1 saturated carbocycles. The topological polar surface area (TPSA) is 101 Å². The number of esters is 1. The first-order valence-corrected chi connectivity index (χ1v) is 11.7. The van der Waals surface area contributed by atoms with Gasteiger partial charge >= 0.3 is 5.97 Å². The van der Waals surface area contributed by atoms with Crippen LogP contribution in [0, 0.1) is 0 Å². The van der Waals surface area contributed by atoms with Gasteiger partial charge in [0, 0.05) is 31.7 Å². The van der Waals surface area contributed by atoms with Gasteiger partial charge in [-0.3, -0.25) is 14.5 Å². The van der Waals surface area contributed by atoms with Gasteiger partial charge in [-0.2, -0.15) is 0 Å². The molecule has 9 nitrogen and oxygen atoms in total. The summed E-state index contributed by atoms with van der Waals surface area (Å²) in [4.78, 5) is 41.6. The number of hydrogen-bond donors (Lipinski definition) is 1. The van der Waals surface area contributed by atoms with Crippen LogP contribution in [0.15, 0.2) is 22.8 Å². The molecule has 1 aliphatic carbocycles. The Bertz CT molecular complexity index is 784. The average Bonchev–Trinajstić information content (AvgIpc) is 3.55. The summed E-state index contributed by atoms with van der Waals surface area (Å²) in [6, 6.07) is 2.53. The summed E-state index contributed by atoms with van der Waals surface area (Å²) in [5.41, 5.74) is -0.0423. The van der Waals surface area contributed by atoms with Crippen LogP contribution >= 0.6 is 0 Å². The van der Waals surface area contributed by atoms with Crippen LogP contribution in [-0.2, 0) is 19.1 Å². The number of amides is 2. The van der Waals surface area contributed by atoms with Crippen molar-refractivity contribution in [1.29, 1.82) is 0 Å². The highest BCUT2D eigenvalue weighted by Crippen LogP contribution is 2.33. The zero-order valence-corrected chi connectivity index (χ0v) is 18.6. The number of ether oxygens (including phenoxy) is 2. The molecule has 0 bridgehead atoms. The molecule has 3 fully saturated rings. The molecule has 9 heteroatoms. The van der Waals surface area contributed by atoms with Gasteiger partial charge in [-0.05, 0) is 37.8 Å². The molecule has 3 aliphatic rings. The van der Waals surface area contributed by atoms with Crippen molar-refractivity contribution in [1.82, 2.24) is 15.1 Å². The maximum atomic E-state index is 12.6. The van der Waals surface area contributed by atoms with Gasteiger partial charge in [-0.1, -0.05) is 19.3 Å². The lowest BCUT2D eigenvalue weighted by Crippen LogP contribution is -2.60. The Balaban J connectivity index is 1.27. The Hall–Kier alpha value is -2.39. The van der Waals surface area contributed by atoms with Crippen LogP contribution in [0.2, 0.25) is 0 Å². The summed E-state index contributed by atoms with van der Waals surface area (Å²) >= 11 is 0. The number of carbonyl (C=O) groups excluding carboxylic acids is 3. The van der Waals surface area contributed by atoms with Crippen molar-refractivity contribution in [3.63, 3.8) is 0 Å². The summed E-state index contributed by atoms with van der Waals surface area (Å²) in [6.07, 6.45) is 8.31. The Kier molecular flexibility index (Phi) is 7.47. The first kappa shape index (κ1) is 22.8. The van der Waals surface area contributed by atoms with E-state index in [1.54, 1.807) is 12.1 Å². The lowest BCUT2D eigenvalue weighted by molar-refractivity contribution is -0.152. The van der Waals surface area contributed by atoms with E-state index in [0.717, 1.165) is 52.0 Å². The standard InChI is InChI=1S/C23H33N3O6/c27-20(24-17-23(8-2-1-3-9-23)25-11-14-30-15-12-25)16-32-22(29)18-6-4-10-26(18)21(28)19-7-5-13-31-19/h5,7,13,18H,1-4,6,8-12,14-17H2,(H,24,27)/t18-/m0/s1. The van der Waals surface area contributed by atoms with E-state index in [4.69, 9.17) is 13.9 Å². The number of morpholine rings is 1. The van der Waals surface area contributed by atoms with Crippen molar-refractivity contribution in [2.45, 2.75) is 56.5 Å². The number of likely N-dealkylation sites (tertiary alicyclic amines) is 1. The Morgan fingerprint density at radius 1 is 1.09 bits per heavy atom. The third kappa shape index (κ3) is 5.15. The summed E-state index contributed by atoms with van der Waals surface area (Å²) in [5, 5.41) is 3.00. The number of rotatable bonds is 7. The Morgan fingerprint density at radius 2 is 1.88 bits per heavy atom. The van der Waals surface area contributed by atoms with E-state index in [1.807, 2.05) is 0 Å². The fourth-order valence-electron chi connectivity index (χ4n) is 5.20. The molecule has 0 radical (unpaired) electrons. The summed E-state index contributed by atoms with van der Waals surface area (Å²) < 4.78 is 16.0. The number of carbonyl (C=O) groups is 3. The van der Waals surface area contributed by atoms with Crippen LogP contribution in [0.1, 0.15) is 55.5 Å². The van der Waals surface area contributed by atoms with E-state index < -0.39 is 12.0 Å². The van der Waals surface area contributed by atoms with E-state index in [1.165, 1.54) is 17.6 Å². The molecule has 176 valence electrons. The van der Waals surface area contributed by atoms with Crippen molar-refractivity contribution in [3.8, 4) is 0 Å². The first-order chi connectivity index (χ1) is 15.6. The molecule has 0 aromatic carbocycles. The minimum absolute atomic E-state index is 0.0423. The van der Waals surface area contributed by atoms with Gasteiger partial charge in [0.2, 0.25) is 0 Å². The molecule has 0 spiro atoms. The van der Waals surface area contributed by atoms with E-state index in [-0.39, 0.29) is 29.7 Å². The highest BCUT2D eigenvalue weighted by atomic mass is 16.5. The minimum atomic E-state index is -0.682. The quantitative estimate of drug-likeness (QED) is 0.633. The SMILES string of the molecule is O=C(COC(=O)[C@@H]1CCCN1C(=O)c1ccco1)NCC1(N2CCOCC2)CCCCC1. The van der Waals surface area contributed by atoms with Crippen molar-refractivity contribution in [2.75, 3.05) is 46.0 Å². The van der Waals surface area contributed by atoms with Gasteiger partial charge in [0.15, 0.2) is 12.4 Å². The van der Waals surface area contributed by atoms with Crippen LogP contribution in [0.3, 0.4) is 0 Å². The number of nitrogens with zero attached hydrogens (tertiary/aromatic N) is 2. The van der Waals surface area contributed by atoms with Crippen molar-refractivity contribution in [2.24, 2.45) is 0 Å². The van der Waals surface area contributed by atoms with E-state index in [0.29, 0.717) is 25.9 Å². The highest BCUT2D eigenvalue weighted by Gasteiger charge is 2.39. The normalized spacial score (nSPS) is 23.6. The molecule has 4 rings (SSSR count). The van der Waals surface area contributed by atoms with Gasteiger partial charge in [0.1, 0.15) is 6.04 Å². The van der Waals surface area contributed by atoms with Crippen LogP contribution in [0.4, 0.5) is 0 Å². The average molecular weight is 448 g/mol. The maximum Gasteiger partial charge on any atom is 0.329 e. The monoisotopic (exact) mass is 447 g/mol. The fraction of sp³-hybridized carbons (Fsp3) is 0.696. The summed E-state index contributed by atoms with van der Waals surface area (Å²) in [5.74, 6) is -0.983. The van der Waals surface area contributed by atoms with Crippen LogP contribution in [0.5, 0.6) is 0 Å². The molecule has 1 atom stereocenters. The third-order valence-corrected chi connectivity index (χ3v) is 6.94. The van der Waals surface area contributed by atoms with Gasteiger partial charge in [-0.25, -0.2) is 4.79 Å². The van der Waals surface area contributed by atoms with Crippen molar-refractivity contribution < 1.29 is 28.3 Å². The van der Waals surface area contributed by atoms with E-state index >= 15 is 0 Å². The van der Waals surface area contributed by atoms with Crippen molar-refractivity contribution in [3.05, 3.63) is 24.2 Å². The zero-order valence-electron chi connectivity index (χ0n) is 18.6. The second-order valence-electron chi connectivity index (χ2n) is 8.90. The van der Waals surface area contributed by atoms with Gasteiger partial charge in [-0.15, -0.1) is 0 Å². The molecular formula is C23H33N3O6. The zero-order chi connectivity index (χ0) is 22.4. The Morgan fingerprint density at radius 3 is 2.59 bits per heavy atom.